The van der Waals surface area contributed by atoms with Crippen LogP contribution in [0.5, 0.6) is 0 Å². The van der Waals surface area contributed by atoms with Gasteiger partial charge in [-0.15, -0.1) is 0 Å². The van der Waals surface area contributed by atoms with Gasteiger partial charge in [-0.25, -0.2) is 0 Å². The van der Waals surface area contributed by atoms with Gasteiger partial charge in [-0.3, -0.25) is 9.69 Å². The molecule has 0 bridgehead atoms. The van der Waals surface area contributed by atoms with Crippen molar-refractivity contribution >= 4 is 5.78 Å². The normalized spacial score (nSPS) is 28.0. The van der Waals surface area contributed by atoms with Crippen molar-refractivity contribution in [1.82, 2.24) is 4.90 Å². The van der Waals surface area contributed by atoms with Gasteiger partial charge in [0, 0.05) is 18.4 Å². The van der Waals surface area contributed by atoms with Crippen molar-refractivity contribution in [2.75, 3.05) is 33.9 Å². The maximum atomic E-state index is 13.1. The number of methoxy groups -OCH3 is 2. The minimum atomic E-state index is -0.0942. The fourth-order valence-corrected chi connectivity index (χ4v) is 4.72. The molecule has 3 unspecified atom stereocenters. The molecule has 0 radical (unpaired) electrons. The van der Waals surface area contributed by atoms with E-state index < -0.39 is 0 Å². The third kappa shape index (κ3) is 6.88. The topological polar surface area (TPSA) is 38.8 Å². The molecule has 1 heterocycles. The first-order valence-corrected chi connectivity index (χ1v) is 11.0. The van der Waals surface area contributed by atoms with Crippen molar-refractivity contribution in [1.29, 1.82) is 0 Å². The second-order valence-corrected chi connectivity index (χ2v) is 8.39. The van der Waals surface area contributed by atoms with Crippen LogP contribution in [0, 0.1) is 23.7 Å². The molecule has 2 aliphatic rings. The second-order valence-electron chi connectivity index (χ2n) is 8.39. The third-order valence-electron chi connectivity index (χ3n) is 6.42. The highest BCUT2D eigenvalue weighted by Gasteiger charge is 2.41. The molecule has 0 aromatic rings. The van der Waals surface area contributed by atoms with Crippen molar-refractivity contribution in [3.8, 4) is 0 Å². The summed E-state index contributed by atoms with van der Waals surface area (Å²) in [5.41, 5.74) is 1.38. The highest BCUT2D eigenvalue weighted by molar-refractivity contribution is 5.87. The van der Waals surface area contributed by atoms with Gasteiger partial charge in [-0.05, 0) is 89.1 Å². The van der Waals surface area contributed by atoms with Crippen LogP contribution in [0.3, 0.4) is 0 Å². The smallest absolute Gasteiger partial charge is 0.143 e. The molecule has 1 saturated carbocycles. The number of carbonyl (C=O) groups is 1. The van der Waals surface area contributed by atoms with Gasteiger partial charge in [0.25, 0.3) is 0 Å². The Morgan fingerprint density at radius 2 is 1.93 bits per heavy atom. The lowest BCUT2D eigenvalue weighted by Crippen LogP contribution is -2.35. The fraction of sp³-hybridized carbons (Fsp3) is 0.640. The number of piperidine rings is 1. The first kappa shape index (κ1) is 23.5. The Hall–Kier alpha value is -1.81. The highest BCUT2D eigenvalue weighted by Crippen LogP contribution is 2.40. The lowest BCUT2D eigenvalue weighted by atomic mass is 9.85. The number of allylic oxidation sites excluding steroid dienone is 5. The molecule has 162 valence electrons. The first-order valence-electron chi connectivity index (χ1n) is 11.0. The third-order valence-corrected chi connectivity index (χ3v) is 6.42. The number of ketones is 1. The fourth-order valence-electron chi connectivity index (χ4n) is 4.72. The first-order chi connectivity index (χ1) is 14.0. The Balaban J connectivity index is 1.93. The van der Waals surface area contributed by atoms with Crippen LogP contribution in [-0.2, 0) is 14.3 Å². The number of carbonyl (C=O) groups excluding carboxylic acids is 1. The standard InChI is InChI=1S/C25H39NO3/c1-6-8-20(7-2)18-26-12-9-21(10-13-26)16-23-17-22(15-19(3)29-5)24(25(23)27)11-14-28-4/h6-8,11,14-15,21-24H,9-10,12-13,16-18H2,1-5H3/b8-6-,14-11+,19-15+,20-7+. The van der Waals surface area contributed by atoms with Gasteiger partial charge >= 0.3 is 0 Å². The predicted molar refractivity (Wildman–Crippen MR) is 119 cm³/mol. The maximum Gasteiger partial charge on any atom is 0.143 e. The van der Waals surface area contributed by atoms with Crippen LogP contribution in [0.25, 0.3) is 0 Å². The molecule has 0 aromatic heterocycles. The maximum absolute atomic E-state index is 13.1. The largest absolute Gasteiger partial charge is 0.505 e. The van der Waals surface area contributed by atoms with E-state index in [0.717, 1.165) is 38.2 Å². The van der Waals surface area contributed by atoms with Crippen molar-refractivity contribution in [3.63, 3.8) is 0 Å². The molecule has 1 aliphatic carbocycles. The Bertz CT molecular complexity index is 638. The van der Waals surface area contributed by atoms with E-state index in [4.69, 9.17) is 9.47 Å². The zero-order chi connectivity index (χ0) is 21.2. The summed E-state index contributed by atoms with van der Waals surface area (Å²) in [6.45, 7) is 9.41. The number of ether oxygens (including phenoxy) is 2. The van der Waals surface area contributed by atoms with E-state index in [1.807, 2.05) is 13.0 Å². The van der Waals surface area contributed by atoms with Gasteiger partial charge < -0.3 is 9.47 Å². The van der Waals surface area contributed by atoms with Crippen LogP contribution >= 0.6 is 0 Å². The molecular formula is C25H39NO3. The summed E-state index contributed by atoms with van der Waals surface area (Å²) >= 11 is 0. The molecular weight excluding hydrogens is 362 g/mol. The van der Waals surface area contributed by atoms with E-state index >= 15 is 0 Å². The number of Topliss-reactive ketones (excluding diaryl/α,β-unsaturated/α-hetero) is 1. The number of nitrogens with zero attached hydrogens (tertiary/aromatic N) is 1. The molecule has 1 saturated heterocycles. The van der Waals surface area contributed by atoms with Crippen LogP contribution in [0.15, 0.2) is 48.0 Å². The Labute approximate surface area is 177 Å². The van der Waals surface area contributed by atoms with E-state index in [9.17, 15) is 4.79 Å². The van der Waals surface area contributed by atoms with Gasteiger partial charge in [0.2, 0.25) is 0 Å². The zero-order valence-electron chi connectivity index (χ0n) is 18.9. The van der Waals surface area contributed by atoms with Crippen LogP contribution in [-0.4, -0.2) is 44.5 Å². The molecule has 2 fully saturated rings. The summed E-state index contributed by atoms with van der Waals surface area (Å²) in [6, 6.07) is 0. The number of rotatable bonds is 9. The molecule has 1 aliphatic heterocycles. The molecule has 0 aromatic carbocycles. The van der Waals surface area contributed by atoms with E-state index in [2.05, 4.69) is 43.1 Å². The molecule has 0 amide bonds. The van der Waals surface area contributed by atoms with E-state index in [0.29, 0.717) is 11.7 Å². The number of hydrogen-bond donors (Lipinski definition) is 0. The summed E-state index contributed by atoms with van der Waals surface area (Å²) in [7, 11) is 3.31. The van der Waals surface area contributed by atoms with Gasteiger partial charge in [0.05, 0.1) is 26.2 Å². The van der Waals surface area contributed by atoms with Crippen LogP contribution < -0.4 is 0 Å². The van der Waals surface area contributed by atoms with Gasteiger partial charge in [0.1, 0.15) is 5.78 Å². The number of hydrogen-bond acceptors (Lipinski definition) is 4. The lowest BCUT2D eigenvalue weighted by molar-refractivity contribution is -0.123. The summed E-state index contributed by atoms with van der Waals surface area (Å²) in [5.74, 6) is 2.16. The average Bonchev–Trinajstić information content (AvgIpc) is 3.01. The SMILES string of the molecule is C/C=C\C(=C/C)CN1CCC(CC2CC(/C=C(\C)OC)C(/C=C/OC)C2=O)CC1. The van der Waals surface area contributed by atoms with Gasteiger partial charge in [-0.2, -0.15) is 0 Å². The summed E-state index contributed by atoms with van der Waals surface area (Å²) in [6.07, 6.45) is 16.5. The van der Waals surface area contributed by atoms with E-state index in [-0.39, 0.29) is 17.8 Å². The van der Waals surface area contributed by atoms with E-state index in [1.165, 1.54) is 18.4 Å². The monoisotopic (exact) mass is 401 g/mol. The van der Waals surface area contributed by atoms with E-state index in [1.54, 1.807) is 20.5 Å². The van der Waals surface area contributed by atoms with Crippen molar-refractivity contribution < 1.29 is 14.3 Å². The molecule has 0 N–H and O–H groups in total. The highest BCUT2D eigenvalue weighted by atomic mass is 16.5. The molecule has 29 heavy (non-hydrogen) atoms. The van der Waals surface area contributed by atoms with Gasteiger partial charge in [-0.1, -0.05) is 18.2 Å². The average molecular weight is 402 g/mol. The summed E-state index contributed by atoms with van der Waals surface area (Å²) in [4.78, 5) is 15.6. The molecule has 4 nitrogen and oxygen atoms in total. The molecule has 0 spiro atoms. The van der Waals surface area contributed by atoms with Crippen molar-refractivity contribution in [3.05, 3.63) is 48.0 Å². The minimum absolute atomic E-state index is 0.0942. The molecule has 3 atom stereocenters. The van der Waals surface area contributed by atoms with Crippen molar-refractivity contribution in [2.45, 2.75) is 46.5 Å². The quantitative estimate of drug-likeness (QED) is 0.396. The van der Waals surface area contributed by atoms with Crippen LogP contribution in [0.2, 0.25) is 0 Å². The Morgan fingerprint density at radius 1 is 1.21 bits per heavy atom. The zero-order valence-corrected chi connectivity index (χ0v) is 18.9. The van der Waals surface area contributed by atoms with Crippen LogP contribution in [0.1, 0.15) is 46.5 Å². The number of likely N-dealkylation sites (tertiary alicyclic amines) is 1. The van der Waals surface area contributed by atoms with Crippen LogP contribution in [0.4, 0.5) is 0 Å². The summed E-state index contributed by atoms with van der Waals surface area (Å²) < 4.78 is 10.4. The molecule has 4 heteroatoms. The Morgan fingerprint density at radius 3 is 2.52 bits per heavy atom. The second kappa shape index (κ2) is 12.0. The Kier molecular flexibility index (Phi) is 9.72. The predicted octanol–water partition coefficient (Wildman–Crippen LogP) is 5.14. The summed E-state index contributed by atoms with van der Waals surface area (Å²) in [5, 5.41) is 0. The molecule has 2 rings (SSSR count). The van der Waals surface area contributed by atoms with Crippen molar-refractivity contribution in [2.24, 2.45) is 23.7 Å². The minimum Gasteiger partial charge on any atom is -0.505 e. The van der Waals surface area contributed by atoms with Gasteiger partial charge in [0.15, 0.2) is 0 Å². The lowest BCUT2D eigenvalue weighted by Gasteiger charge is -2.33.